The van der Waals surface area contributed by atoms with Crippen molar-refractivity contribution in [2.24, 2.45) is 28.1 Å². The van der Waals surface area contributed by atoms with Gasteiger partial charge < -0.3 is 10.4 Å². The molecule has 5 heteroatoms. The standard InChI is InChI=1S/C27H45NO4/c1-8-26(5,6)17-27(7,25(2,3)4)24(32)28-16-15-18-13-14-19(18)22(29)20-11-9-10-12-21(20)23(30)31/h18-19H,8-17H2,1-7H3,(H,28,32)(H,30,31)/t18-,19?,27?/m1/s1. The maximum Gasteiger partial charge on any atom is 0.331 e. The topological polar surface area (TPSA) is 83.5 Å². The number of rotatable bonds is 10. The molecule has 0 aromatic carbocycles. The van der Waals surface area contributed by atoms with Crippen molar-refractivity contribution in [3.63, 3.8) is 0 Å². The zero-order chi connectivity index (χ0) is 24.3. The summed E-state index contributed by atoms with van der Waals surface area (Å²) in [7, 11) is 0. The van der Waals surface area contributed by atoms with E-state index in [1.165, 1.54) is 0 Å². The first-order chi connectivity index (χ1) is 14.7. The molecule has 2 rings (SSSR count). The Bertz CT molecular complexity index is 758. The number of hydrogen-bond acceptors (Lipinski definition) is 3. The van der Waals surface area contributed by atoms with Crippen LogP contribution >= 0.6 is 0 Å². The molecule has 2 aliphatic carbocycles. The van der Waals surface area contributed by atoms with Crippen LogP contribution in [0.1, 0.15) is 106 Å². The number of allylic oxidation sites excluding steroid dienone is 1. The lowest BCUT2D eigenvalue weighted by Gasteiger charge is -2.45. The van der Waals surface area contributed by atoms with E-state index in [-0.39, 0.29) is 34.4 Å². The van der Waals surface area contributed by atoms with Crippen molar-refractivity contribution in [1.29, 1.82) is 0 Å². The molecule has 1 amide bonds. The SMILES string of the molecule is CCC(C)(C)CC(C)(C(=O)NCC[C@H]1CCC1C(=O)C1=C(C(=O)O)CCCC1)C(C)(C)C. The van der Waals surface area contributed by atoms with Crippen molar-refractivity contribution >= 4 is 17.7 Å². The van der Waals surface area contributed by atoms with Gasteiger partial charge in [-0.2, -0.15) is 0 Å². The molecule has 0 heterocycles. The lowest BCUT2D eigenvalue weighted by molar-refractivity contribution is -0.139. The van der Waals surface area contributed by atoms with Gasteiger partial charge in [0.1, 0.15) is 0 Å². The van der Waals surface area contributed by atoms with E-state index in [0.29, 0.717) is 30.5 Å². The molecule has 2 N–H and O–H groups in total. The summed E-state index contributed by atoms with van der Waals surface area (Å²) in [6.07, 6.45) is 7.26. The average molecular weight is 448 g/mol. The molecule has 1 saturated carbocycles. The predicted molar refractivity (Wildman–Crippen MR) is 128 cm³/mol. The fourth-order valence-corrected chi connectivity index (χ4v) is 5.23. The first kappa shape index (κ1) is 26.6. The summed E-state index contributed by atoms with van der Waals surface area (Å²) in [5, 5.41) is 12.7. The number of carboxylic acids is 1. The van der Waals surface area contributed by atoms with Gasteiger partial charge in [0.25, 0.3) is 0 Å². The molecule has 5 nitrogen and oxygen atoms in total. The summed E-state index contributed by atoms with van der Waals surface area (Å²) in [5.41, 5.74) is 0.328. The van der Waals surface area contributed by atoms with Crippen molar-refractivity contribution in [2.75, 3.05) is 6.54 Å². The van der Waals surface area contributed by atoms with Crippen LogP contribution in [0.2, 0.25) is 0 Å². The van der Waals surface area contributed by atoms with Gasteiger partial charge in [-0.3, -0.25) is 9.59 Å². The molecule has 3 atom stereocenters. The normalized spacial score (nSPS) is 23.8. The van der Waals surface area contributed by atoms with E-state index >= 15 is 0 Å². The van der Waals surface area contributed by atoms with Gasteiger partial charge >= 0.3 is 5.97 Å². The Morgan fingerprint density at radius 1 is 0.969 bits per heavy atom. The third-order valence-electron chi connectivity index (χ3n) is 8.52. The molecule has 182 valence electrons. The highest BCUT2D eigenvalue weighted by atomic mass is 16.4. The van der Waals surface area contributed by atoms with Gasteiger partial charge in [0, 0.05) is 23.6 Å². The third-order valence-corrected chi connectivity index (χ3v) is 8.52. The predicted octanol–water partition coefficient (Wildman–Crippen LogP) is 5.92. The number of nitrogens with one attached hydrogen (secondary N) is 1. The Labute approximate surface area is 194 Å². The summed E-state index contributed by atoms with van der Waals surface area (Å²) >= 11 is 0. The van der Waals surface area contributed by atoms with E-state index in [1.54, 1.807) is 0 Å². The second kappa shape index (κ2) is 10.1. The van der Waals surface area contributed by atoms with Crippen LogP contribution in [0.5, 0.6) is 0 Å². The molecule has 2 unspecified atom stereocenters. The lowest BCUT2D eigenvalue weighted by Crippen LogP contribution is -2.50. The number of Topliss-reactive ketones (excluding diaryl/α,β-unsaturated/α-hetero) is 1. The number of hydrogen-bond donors (Lipinski definition) is 2. The first-order valence-electron chi connectivity index (χ1n) is 12.5. The average Bonchev–Trinajstić information content (AvgIpc) is 2.68. The van der Waals surface area contributed by atoms with Crippen LogP contribution in [0.4, 0.5) is 0 Å². The monoisotopic (exact) mass is 447 g/mol. The minimum atomic E-state index is -0.937. The molecule has 0 bridgehead atoms. The Balaban J connectivity index is 1.99. The first-order valence-corrected chi connectivity index (χ1v) is 12.5. The Morgan fingerprint density at radius 2 is 1.56 bits per heavy atom. The quantitative estimate of drug-likeness (QED) is 0.435. The number of aliphatic carboxylic acids is 1. The van der Waals surface area contributed by atoms with Crippen LogP contribution in [0.25, 0.3) is 0 Å². The van der Waals surface area contributed by atoms with Gasteiger partial charge in [0.05, 0.1) is 5.41 Å². The van der Waals surface area contributed by atoms with E-state index in [4.69, 9.17) is 0 Å². The van der Waals surface area contributed by atoms with Crippen molar-refractivity contribution in [1.82, 2.24) is 5.32 Å². The number of carbonyl (C=O) groups is 3. The van der Waals surface area contributed by atoms with Gasteiger partial charge in [-0.05, 0) is 68.1 Å². The van der Waals surface area contributed by atoms with E-state index in [1.807, 2.05) is 0 Å². The molecular formula is C27H45NO4. The second-order valence-corrected chi connectivity index (χ2v) is 12.1. The Kier molecular flexibility index (Phi) is 8.39. The third kappa shape index (κ3) is 5.82. The summed E-state index contributed by atoms with van der Waals surface area (Å²) in [4.78, 5) is 38.0. The van der Waals surface area contributed by atoms with Crippen molar-refractivity contribution < 1.29 is 19.5 Å². The highest BCUT2D eigenvalue weighted by molar-refractivity contribution is 6.05. The summed E-state index contributed by atoms with van der Waals surface area (Å²) in [6, 6.07) is 0. The highest BCUT2D eigenvalue weighted by Crippen LogP contribution is 2.48. The van der Waals surface area contributed by atoms with Crippen LogP contribution in [0, 0.1) is 28.1 Å². The van der Waals surface area contributed by atoms with Crippen LogP contribution in [0.3, 0.4) is 0 Å². The second-order valence-electron chi connectivity index (χ2n) is 12.1. The smallest absolute Gasteiger partial charge is 0.331 e. The molecule has 0 radical (unpaired) electrons. The molecule has 0 aromatic rings. The number of ketones is 1. The van der Waals surface area contributed by atoms with E-state index < -0.39 is 11.4 Å². The molecule has 0 aromatic heterocycles. The summed E-state index contributed by atoms with van der Waals surface area (Å²) in [6.45, 7) is 15.7. The van der Waals surface area contributed by atoms with Crippen LogP contribution in [0.15, 0.2) is 11.1 Å². The Hall–Kier alpha value is -1.65. The van der Waals surface area contributed by atoms with Crippen LogP contribution < -0.4 is 5.32 Å². The van der Waals surface area contributed by atoms with Gasteiger partial charge in [-0.1, -0.05) is 54.9 Å². The zero-order valence-electron chi connectivity index (χ0n) is 21.4. The molecular weight excluding hydrogens is 402 g/mol. The number of carboxylic acid groups (broad SMARTS) is 1. The Morgan fingerprint density at radius 3 is 2.03 bits per heavy atom. The lowest BCUT2D eigenvalue weighted by atomic mass is 9.60. The van der Waals surface area contributed by atoms with Gasteiger partial charge in [-0.25, -0.2) is 4.79 Å². The number of amides is 1. The van der Waals surface area contributed by atoms with Crippen molar-refractivity contribution in [2.45, 2.75) is 106 Å². The largest absolute Gasteiger partial charge is 0.478 e. The summed E-state index contributed by atoms with van der Waals surface area (Å²) in [5.74, 6) is -0.638. The van der Waals surface area contributed by atoms with Gasteiger partial charge in [0.15, 0.2) is 5.78 Å². The van der Waals surface area contributed by atoms with E-state index in [9.17, 15) is 19.5 Å². The fourth-order valence-electron chi connectivity index (χ4n) is 5.23. The van der Waals surface area contributed by atoms with Crippen LogP contribution in [-0.2, 0) is 14.4 Å². The van der Waals surface area contributed by atoms with Crippen LogP contribution in [-0.4, -0.2) is 29.3 Å². The summed E-state index contributed by atoms with van der Waals surface area (Å²) < 4.78 is 0. The maximum atomic E-state index is 13.3. The van der Waals surface area contributed by atoms with Crippen molar-refractivity contribution in [3.05, 3.63) is 11.1 Å². The van der Waals surface area contributed by atoms with E-state index in [0.717, 1.165) is 44.9 Å². The molecule has 1 fully saturated rings. The minimum absolute atomic E-state index is 0.0499. The highest BCUT2D eigenvalue weighted by Gasteiger charge is 2.47. The maximum absolute atomic E-state index is 13.3. The minimum Gasteiger partial charge on any atom is -0.478 e. The van der Waals surface area contributed by atoms with Gasteiger partial charge in [0.2, 0.25) is 5.91 Å². The fraction of sp³-hybridized carbons (Fsp3) is 0.815. The van der Waals surface area contributed by atoms with Crippen molar-refractivity contribution in [3.8, 4) is 0 Å². The van der Waals surface area contributed by atoms with E-state index in [2.05, 4.69) is 53.8 Å². The zero-order valence-corrected chi connectivity index (χ0v) is 21.4. The molecule has 2 aliphatic rings. The molecule has 0 aliphatic heterocycles. The molecule has 0 spiro atoms. The number of carbonyl (C=O) groups excluding carboxylic acids is 2. The molecule has 0 saturated heterocycles. The van der Waals surface area contributed by atoms with Gasteiger partial charge in [-0.15, -0.1) is 0 Å². The molecule has 32 heavy (non-hydrogen) atoms.